The molecule has 0 atom stereocenters. The summed E-state index contributed by atoms with van der Waals surface area (Å²) in [5.74, 6) is 2.15. The van der Waals surface area contributed by atoms with Crippen LogP contribution >= 0.6 is 11.3 Å². The van der Waals surface area contributed by atoms with Crippen LogP contribution in [0.25, 0.3) is 10.2 Å². The molecule has 1 aliphatic heterocycles. The highest BCUT2D eigenvalue weighted by Crippen LogP contribution is 2.33. The predicted molar refractivity (Wildman–Crippen MR) is 84.8 cm³/mol. The highest BCUT2D eigenvalue weighted by molar-refractivity contribution is 7.18. The van der Waals surface area contributed by atoms with Gasteiger partial charge in [-0.15, -0.1) is 11.3 Å². The van der Waals surface area contributed by atoms with E-state index in [0.717, 1.165) is 31.0 Å². The molecular formula is C16H22N2OS. The Kier molecular flexibility index (Phi) is 4.22. The topological polar surface area (TPSA) is 34.1 Å². The number of nitrogens with zero attached hydrogens (tertiary/aromatic N) is 1. The molecule has 0 bridgehead atoms. The van der Waals surface area contributed by atoms with Gasteiger partial charge in [0.1, 0.15) is 5.75 Å². The monoisotopic (exact) mass is 290 g/mol. The average Bonchev–Trinajstić information content (AvgIpc) is 2.89. The Balaban J connectivity index is 1.79. The van der Waals surface area contributed by atoms with Crippen LogP contribution in [0.2, 0.25) is 0 Å². The molecule has 1 fully saturated rings. The van der Waals surface area contributed by atoms with Gasteiger partial charge in [0.05, 0.1) is 21.8 Å². The van der Waals surface area contributed by atoms with Crippen LogP contribution in [0.1, 0.15) is 37.6 Å². The molecule has 0 spiro atoms. The molecule has 0 aliphatic carbocycles. The van der Waals surface area contributed by atoms with E-state index in [0.29, 0.717) is 11.8 Å². The lowest BCUT2D eigenvalue weighted by molar-refractivity contribution is 0.271. The first-order valence-corrected chi connectivity index (χ1v) is 8.28. The van der Waals surface area contributed by atoms with Crippen LogP contribution in [-0.2, 0) is 0 Å². The molecule has 0 amide bonds. The van der Waals surface area contributed by atoms with Crippen LogP contribution in [0.15, 0.2) is 18.2 Å². The maximum Gasteiger partial charge on any atom is 0.120 e. The molecule has 2 heterocycles. The molecule has 1 saturated heterocycles. The normalized spacial score (nSPS) is 16.9. The maximum absolute atomic E-state index is 5.80. The van der Waals surface area contributed by atoms with Crippen molar-refractivity contribution < 1.29 is 4.74 Å². The summed E-state index contributed by atoms with van der Waals surface area (Å²) in [5, 5.41) is 4.71. The van der Waals surface area contributed by atoms with E-state index in [-0.39, 0.29) is 0 Å². The van der Waals surface area contributed by atoms with Crippen molar-refractivity contribution in [2.24, 2.45) is 5.92 Å². The first-order chi connectivity index (χ1) is 9.72. The average molecular weight is 290 g/mol. The van der Waals surface area contributed by atoms with Gasteiger partial charge >= 0.3 is 0 Å². The van der Waals surface area contributed by atoms with Gasteiger partial charge in [-0.3, -0.25) is 0 Å². The Hall–Kier alpha value is -1.13. The van der Waals surface area contributed by atoms with Gasteiger partial charge < -0.3 is 10.1 Å². The number of fused-ring (bicyclic) bond motifs is 1. The second-order valence-electron chi connectivity index (χ2n) is 5.91. The van der Waals surface area contributed by atoms with Gasteiger partial charge in [-0.2, -0.15) is 0 Å². The minimum Gasteiger partial charge on any atom is -0.493 e. The van der Waals surface area contributed by atoms with Crippen molar-refractivity contribution in [2.75, 3.05) is 19.7 Å². The van der Waals surface area contributed by atoms with E-state index in [9.17, 15) is 0 Å². The molecule has 2 aromatic rings. The van der Waals surface area contributed by atoms with Crippen LogP contribution in [0.5, 0.6) is 5.75 Å². The zero-order valence-corrected chi connectivity index (χ0v) is 13.0. The summed E-state index contributed by atoms with van der Waals surface area (Å²) in [6.45, 7) is 7.33. The van der Waals surface area contributed by atoms with Gasteiger partial charge in [-0.05, 0) is 50.0 Å². The van der Waals surface area contributed by atoms with E-state index < -0.39 is 0 Å². The molecule has 0 unspecified atom stereocenters. The standard InChI is InChI=1S/C16H22N2OS/c1-11(2)10-19-13-3-4-14-15(9-13)20-16(18-14)12-5-7-17-8-6-12/h3-4,9,11-12,17H,5-8,10H2,1-2H3. The van der Waals surface area contributed by atoms with Crippen LogP contribution in [0.3, 0.4) is 0 Å². The second kappa shape index (κ2) is 6.10. The third-order valence-corrected chi connectivity index (χ3v) is 4.83. The third-order valence-electron chi connectivity index (χ3n) is 3.65. The predicted octanol–water partition coefficient (Wildman–Crippen LogP) is 3.80. The summed E-state index contributed by atoms with van der Waals surface area (Å²) in [6, 6.07) is 6.27. The number of hydrogen-bond acceptors (Lipinski definition) is 4. The van der Waals surface area contributed by atoms with Crippen molar-refractivity contribution in [3.05, 3.63) is 23.2 Å². The molecule has 3 nitrogen and oxygen atoms in total. The maximum atomic E-state index is 5.80. The Labute approximate surface area is 124 Å². The fourth-order valence-electron chi connectivity index (χ4n) is 2.52. The molecule has 1 N–H and O–H groups in total. The fourth-order valence-corrected chi connectivity index (χ4v) is 3.68. The van der Waals surface area contributed by atoms with E-state index in [1.165, 1.54) is 22.5 Å². The van der Waals surface area contributed by atoms with E-state index >= 15 is 0 Å². The lowest BCUT2D eigenvalue weighted by Gasteiger charge is -2.20. The van der Waals surface area contributed by atoms with Gasteiger partial charge in [0.25, 0.3) is 0 Å². The van der Waals surface area contributed by atoms with Crippen molar-refractivity contribution in [1.29, 1.82) is 0 Å². The lowest BCUT2D eigenvalue weighted by Crippen LogP contribution is -2.26. The van der Waals surface area contributed by atoms with Gasteiger partial charge in [0, 0.05) is 5.92 Å². The second-order valence-corrected chi connectivity index (χ2v) is 6.97. The number of hydrogen-bond donors (Lipinski definition) is 1. The van der Waals surface area contributed by atoms with Gasteiger partial charge in [-0.25, -0.2) is 4.98 Å². The molecule has 108 valence electrons. The summed E-state index contributed by atoms with van der Waals surface area (Å²) in [5.41, 5.74) is 1.11. The van der Waals surface area contributed by atoms with Crippen LogP contribution < -0.4 is 10.1 Å². The summed E-state index contributed by atoms with van der Waals surface area (Å²) in [6.07, 6.45) is 2.41. The zero-order valence-electron chi connectivity index (χ0n) is 12.2. The molecule has 4 heteroatoms. The highest BCUT2D eigenvalue weighted by atomic mass is 32.1. The number of nitrogens with one attached hydrogen (secondary N) is 1. The van der Waals surface area contributed by atoms with Crippen LogP contribution in [0, 0.1) is 5.92 Å². The number of rotatable bonds is 4. The van der Waals surface area contributed by atoms with Crippen molar-refractivity contribution >= 4 is 21.6 Å². The number of piperidine rings is 1. The van der Waals surface area contributed by atoms with Crippen molar-refractivity contribution in [2.45, 2.75) is 32.6 Å². The van der Waals surface area contributed by atoms with Crippen molar-refractivity contribution in [3.8, 4) is 5.75 Å². The van der Waals surface area contributed by atoms with Crippen molar-refractivity contribution in [3.63, 3.8) is 0 Å². The third kappa shape index (κ3) is 3.13. The SMILES string of the molecule is CC(C)COc1ccc2nc(C3CCNCC3)sc2c1. The smallest absolute Gasteiger partial charge is 0.120 e. The number of ether oxygens (including phenoxy) is 1. The molecule has 1 aromatic heterocycles. The molecule has 0 saturated carbocycles. The number of benzene rings is 1. The quantitative estimate of drug-likeness (QED) is 0.930. The number of aromatic nitrogens is 1. The highest BCUT2D eigenvalue weighted by Gasteiger charge is 2.19. The molecule has 20 heavy (non-hydrogen) atoms. The van der Waals surface area contributed by atoms with Gasteiger partial charge in [0.2, 0.25) is 0 Å². The Bertz CT molecular complexity index is 573. The van der Waals surface area contributed by atoms with Crippen LogP contribution in [-0.4, -0.2) is 24.7 Å². The van der Waals surface area contributed by atoms with E-state index in [4.69, 9.17) is 9.72 Å². The summed E-state index contributed by atoms with van der Waals surface area (Å²) in [4.78, 5) is 4.81. The number of thiazole rings is 1. The summed E-state index contributed by atoms with van der Waals surface area (Å²) in [7, 11) is 0. The molecule has 3 rings (SSSR count). The van der Waals surface area contributed by atoms with Gasteiger partial charge in [-0.1, -0.05) is 13.8 Å². The molecular weight excluding hydrogens is 268 g/mol. The molecule has 1 aromatic carbocycles. The van der Waals surface area contributed by atoms with E-state index in [1.54, 1.807) is 0 Å². The summed E-state index contributed by atoms with van der Waals surface area (Å²) >= 11 is 1.83. The van der Waals surface area contributed by atoms with Crippen molar-refractivity contribution in [1.82, 2.24) is 10.3 Å². The molecule has 0 radical (unpaired) electrons. The summed E-state index contributed by atoms with van der Waals surface area (Å²) < 4.78 is 7.05. The zero-order chi connectivity index (χ0) is 13.9. The van der Waals surface area contributed by atoms with E-state index in [1.807, 2.05) is 17.4 Å². The first-order valence-electron chi connectivity index (χ1n) is 7.46. The largest absolute Gasteiger partial charge is 0.493 e. The lowest BCUT2D eigenvalue weighted by atomic mass is 9.99. The van der Waals surface area contributed by atoms with Gasteiger partial charge in [0.15, 0.2) is 0 Å². The Morgan fingerprint density at radius 2 is 2.15 bits per heavy atom. The fraction of sp³-hybridized carbons (Fsp3) is 0.562. The minimum absolute atomic E-state index is 0.553. The Morgan fingerprint density at radius 1 is 1.35 bits per heavy atom. The van der Waals surface area contributed by atoms with Crippen LogP contribution in [0.4, 0.5) is 0 Å². The van der Waals surface area contributed by atoms with E-state index in [2.05, 4.69) is 31.3 Å². The Morgan fingerprint density at radius 3 is 2.90 bits per heavy atom. The first kappa shape index (κ1) is 13.8. The molecule has 1 aliphatic rings. The minimum atomic E-state index is 0.553.